The Kier molecular flexibility index (Phi) is 5.15. The molecule has 0 saturated carbocycles. The molecule has 0 radical (unpaired) electrons. The zero-order valence-corrected chi connectivity index (χ0v) is 15.9. The van der Waals surface area contributed by atoms with E-state index in [-0.39, 0.29) is 11.5 Å². The van der Waals surface area contributed by atoms with Crippen molar-refractivity contribution >= 4 is 28.2 Å². The molecule has 1 fully saturated rings. The molecule has 2 aliphatic rings. The van der Waals surface area contributed by atoms with Crippen LogP contribution in [0.4, 0.5) is 5.00 Å². The molecule has 3 heterocycles. The standard InChI is InChI=1S/C17H26N4O3S/c1-17(2)8-11-12(10-24-17)25-16(14(11)15(18)23)19-13(22)9-21-6-4-20(3)5-7-21/h4-10H2,1-3H3,(H2,18,23)(H,19,22). The van der Waals surface area contributed by atoms with Crippen LogP contribution < -0.4 is 11.1 Å². The fourth-order valence-corrected chi connectivity index (χ4v) is 4.43. The van der Waals surface area contributed by atoms with Gasteiger partial charge in [-0.2, -0.15) is 0 Å². The van der Waals surface area contributed by atoms with Crippen LogP contribution in [-0.4, -0.2) is 67.0 Å². The van der Waals surface area contributed by atoms with E-state index in [0.717, 1.165) is 36.6 Å². The van der Waals surface area contributed by atoms with Gasteiger partial charge in [-0.3, -0.25) is 14.5 Å². The van der Waals surface area contributed by atoms with E-state index in [0.29, 0.717) is 30.1 Å². The summed E-state index contributed by atoms with van der Waals surface area (Å²) < 4.78 is 5.81. The summed E-state index contributed by atoms with van der Waals surface area (Å²) in [5.74, 6) is -0.601. The number of rotatable bonds is 4. The number of carbonyl (C=O) groups excluding carboxylic acids is 2. The van der Waals surface area contributed by atoms with Gasteiger partial charge in [-0.15, -0.1) is 11.3 Å². The van der Waals surface area contributed by atoms with Crippen LogP contribution in [0.3, 0.4) is 0 Å². The summed E-state index contributed by atoms with van der Waals surface area (Å²) >= 11 is 1.40. The minimum atomic E-state index is -0.495. The molecular formula is C17H26N4O3S. The highest BCUT2D eigenvalue weighted by Gasteiger charge is 2.33. The highest BCUT2D eigenvalue weighted by molar-refractivity contribution is 7.17. The van der Waals surface area contributed by atoms with Gasteiger partial charge in [-0.25, -0.2) is 0 Å². The molecule has 0 bridgehead atoms. The number of hydrogen-bond donors (Lipinski definition) is 2. The zero-order chi connectivity index (χ0) is 18.2. The summed E-state index contributed by atoms with van der Waals surface area (Å²) in [5, 5.41) is 3.46. The average Bonchev–Trinajstić information content (AvgIpc) is 2.85. The van der Waals surface area contributed by atoms with Crippen LogP contribution in [0.25, 0.3) is 0 Å². The molecule has 25 heavy (non-hydrogen) atoms. The summed E-state index contributed by atoms with van der Waals surface area (Å²) in [7, 11) is 2.08. The summed E-state index contributed by atoms with van der Waals surface area (Å²) in [6, 6.07) is 0. The lowest BCUT2D eigenvalue weighted by Gasteiger charge is -2.31. The lowest BCUT2D eigenvalue weighted by molar-refractivity contribution is -0.117. The van der Waals surface area contributed by atoms with Gasteiger partial charge in [0, 0.05) is 37.5 Å². The van der Waals surface area contributed by atoms with Crippen LogP contribution in [0.2, 0.25) is 0 Å². The molecule has 1 aromatic rings. The fourth-order valence-electron chi connectivity index (χ4n) is 3.28. The zero-order valence-electron chi connectivity index (χ0n) is 15.1. The number of amides is 2. The van der Waals surface area contributed by atoms with Crippen molar-refractivity contribution in [2.75, 3.05) is 45.1 Å². The average molecular weight is 366 g/mol. The first kappa shape index (κ1) is 18.3. The predicted molar refractivity (Wildman–Crippen MR) is 98.0 cm³/mol. The van der Waals surface area contributed by atoms with Crippen LogP contribution >= 0.6 is 11.3 Å². The van der Waals surface area contributed by atoms with Gasteiger partial charge < -0.3 is 20.7 Å². The number of likely N-dealkylation sites (N-methyl/N-ethyl adjacent to an activating group) is 1. The highest BCUT2D eigenvalue weighted by Crippen LogP contribution is 2.40. The van der Waals surface area contributed by atoms with E-state index < -0.39 is 5.91 Å². The maximum atomic E-state index is 12.4. The van der Waals surface area contributed by atoms with Crippen molar-refractivity contribution in [2.24, 2.45) is 5.73 Å². The number of nitrogens with one attached hydrogen (secondary N) is 1. The summed E-state index contributed by atoms with van der Waals surface area (Å²) in [5.41, 5.74) is 6.64. The molecule has 0 aromatic carbocycles. The van der Waals surface area contributed by atoms with E-state index in [1.165, 1.54) is 11.3 Å². The van der Waals surface area contributed by atoms with E-state index in [9.17, 15) is 9.59 Å². The van der Waals surface area contributed by atoms with Crippen molar-refractivity contribution in [2.45, 2.75) is 32.5 Å². The number of anilines is 1. The molecule has 7 nitrogen and oxygen atoms in total. The predicted octanol–water partition coefficient (Wildman–Crippen LogP) is 0.884. The van der Waals surface area contributed by atoms with Crippen molar-refractivity contribution in [3.63, 3.8) is 0 Å². The van der Waals surface area contributed by atoms with Crippen LogP contribution in [0.1, 0.15) is 34.6 Å². The third-order valence-corrected chi connectivity index (χ3v) is 5.87. The minimum Gasteiger partial charge on any atom is -0.370 e. The van der Waals surface area contributed by atoms with Crippen LogP contribution in [0.15, 0.2) is 0 Å². The van der Waals surface area contributed by atoms with Crippen molar-refractivity contribution in [1.29, 1.82) is 0 Å². The monoisotopic (exact) mass is 366 g/mol. The Morgan fingerprint density at radius 1 is 1.28 bits per heavy atom. The van der Waals surface area contributed by atoms with Gasteiger partial charge in [-0.1, -0.05) is 0 Å². The molecule has 1 saturated heterocycles. The number of ether oxygens (including phenoxy) is 1. The largest absolute Gasteiger partial charge is 0.370 e. The topological polar surface area (TPSA) is 87.9 Å². The number of carbonyl (C=O) groups is 2. The van der Waals surface area contributed by atoms with Gasteiger partial charge in [0.1, 0.15) is 5.00 Å². The number of primary amides is 1. The second-order valence-corrected chi connectivity index (χ2v) is 8.53. The maximum Gasteiger partial charge on any atom is 0.251 e. The lowest BCUT2D eigenvalue weighted by Crippen LogP contribution is -2.47. The first-order valence-electron chi connectivity index (χ1n) is 8.54. The molecule has 138 valence electrons. The first-order chi connectivity index (χ1) is 11.7. The van der Waals surface area contributed by atoms with Crippen LogP contribution in [-0.2, 0) is 22.6 Å². The van der Waals surface area contributed by atoms with Crippen molar-refractivity contribution in [3.8, 4) is 0 Å². The van der Waals surface area contributed by atoms with Gasteiger partial charge >= 0.3 is 0 Å². The Hall–Kier alpha value is -1.48. The normalized spacial score (nSPS) is 20.9. The smallest absolute Gasteiger partial charge is 0.251 e. The van der Waals surface area contributed by atoms with Crippen LogP contribution in [0.5, 0.6) is 0 Å². The molecule has 3 rings (SSSR count). The van der Waals surface area contributed by atoms with Crippen molar-refractivity contribution < 1.29 is 14.3 Å². The van der Waals surface area contributed by atoms with Crippen molar-refractivity contribution in [1.82, 2.24) is 9.80 Å². The molecular weight excluding hydrogens is 340 g/mol. The Balaban J connectivity index is 1.73. The molecule has 2 amide bonds. The van der Waals surface area contributed by atoms with Crippen LogP contribution in [0, 0.1) is 0 Å². The molecule has 0 atom stereocenters. The number of hydrogen-bond acceptors (Lipinski definition) is 6. The second-order valence-electron chi connectivity index (χ2n) is 7.42. The van der Waals surface area contributed by atoms with Gasteiger partial charge in [0.15, 0.2) is 0 Å². The molecule has 2 aliphatic heterocycles. The number of fused-ring (bicyclic) bond motifs is 1. The third-order valence-electron chi connectivity index (χ3n) is 4.75. The Morgan fingerprint density at radius 2 is 1.96 bits per heavy atom. The second kappa shape index (κ2) is 7.03. The minimum absolute atomic E-state index is 0.106. The van der Waals surface area contributed by atoms with E-state index in [1.54, 1.807) is 0 Å². The molecule has 3 N–H and O–H groups in total. The molecule has 0 aliphatic carbocycles. The fraction of sp³-hybridized carbons (Fsp3) is 0.647. The number of piperazine rings is 1. The molecule has 0 unspecified atom stereocenters. The number of nitrogens with zero attached hydrogens (tertiary/aromatic N) is 2. The van der Waals surface area contributed by atoms with Crippen molar-refractivity contribution in [3.05, 3.63) is 16.0 Å². The van der Waals surface area contributed by atoms with Gasteiger partial charge in [0.2, 0.25) is 5.91 Å². The lowest BCUT2D eigenvalue weighted by atomic mass is 9.93. The Bertz CT molecular complexity index is 678. The van der Waals surface area contributed by atoms with E-state index >= 15 is 0 Å². The van der Waals surface area contributed by atoms with Gasteiger partial charge in [-0.05, 0) is 26.5 Å². The molecule has 0 spiro atoms. The van der Waals surface area contributed by atoms with E-state index in [1.807, 2.05) is 13.8 Å². The van der Waals surface area contributed by atoms with Gasteiger partial charge in [0.05, 0.1) is 24.3 Å². The summed E-state index contributed by atoms with van der Waals surface area (Å²) in [6.07, 6.45) is 0.617. The number of nitrogens with two attached hydrogens (primary N) is 1. The van der Waals surface area contributed by atoms with Gasteiger partial charge in [0.25, 0.3) is 5.91 Å². The Labute approximate surface area is 152 Å². The van der Waals surface area contributed by atoms with E-state index in [4.69, 9.17) is 10.5 Å². The molecule has 8 heteroatoms. The number of thiophene rings is 1. The summed E-state index contributed by atoms with van der Waals surface area (Å²) in [6.45, 7) is 8.41. The maximum absolute atomic E-state index is 12.4. The highest BCUT2D eigenvalue weighted by atomic mass is 32.1. The third kappa shape index (κ3) is 4.20. The quantitative estimate of drug-likeness (QED) is 0.826. The SMILES string of the molecule is CN1CCN(CC(=O)Nc2sc3c(c2C(N)=O)CC(C)(C)OC3)CC1. The molecule has 1 aromatic heterocycles. The van der Waals surface area contributed by atoms with E-state index in [2.05, 4.69) is 22.2 Å². The Morgan fingerprint density at radius 3 is 2.60 bits per heavy atom. The first-order valence-corrected chi connectivity index (χ1v) is 9.36. The summed E-state index contributed by atoms with van der Waals surface area (Å²) in [4.78, 5) is 29.8.